The van der Waals surface area contributed by atoms with Crippen LogP contribution in [0.2, 0.25) is 0 Å². The minimum atomic E-state index is -0.815. The van der Waals surface area contributed by atoms with Crippen LogP contribution < -0.4 is 5.32 Å². The number of carbonyl (C=O) groups is 1. The molecule has 0 spiro atoms. The van der Waals surface area contributed by atoms with Gasteiger partial charge in [-0.05, 0) is 35.4 Å². The third kappa shape index (κ3) is 5.87. The highest BCUT2D eigenvalue weighted by atomic mass is 16.4. The van der Waals surface area contributed by atoms with Crippen LogP contribution in [-0.2, 0) is 24.2 Å². The SMILES string of the molecule is CC(C)Cc1ccc(CNC(Cc2ccccc2)C(=O)O)cc1. The Morgan fingerprint density at radius 2 is 1.48 bits per heavy atom. The highest BCUT2D eigenvalue weighted by Gasteiger charge is 2.17. The first kappa shape index (κ1) is 17.2. The zero-order chi connectivity index (χ0) is 16.7. The Kier molecular flexibility index (Phi) is 6.36. The molecule has 3 nitrogen and oxygen atoms in total. The highest BCUT2D eigenvalue weighted by molar-refractivity contribution is 5.73. The van der Waals surface area contributed by atoms with E-state index in [4.69, 9.17) is 0 Å². The summed E-state index contributed by atoms with van der Waals surface area (Å²) in [7, 11) is 0. The van der Waals surface area contributed by atoms with Gasteiger partial charge in [-0.25, -0.2) is 0 Å². The number of carboxylic acid groups (broad SMARTS) is 1. The number of benzene rings is 2. The van der Waals surface area contributed by atoms with Gasteiger partial charge in [0.1, 0.15) is 6.04 Å². The van der Waals surface area contributed by atoms with Crippen molar-refractivity contribution in [3.05, 3.63) is 71.3 Å². The topological polar surface area (TPSA) is 49.3 Å². The van der Waals surface area contributed by atoms with Crippen molar-refractivity contribution in [3.8, 4) is 0 Å². The first-order chi connectivity index (χ1) is 11.0. The van der Waals surface area contributed by atoms with Crippen molar-refractivity contribution in [2.24, 2.45) is 5.92 Å². The molecule has 0 bridgehead atoms. The number of aliphatic carboxylic acids is 1. The molecule has 122 valence electrons. The molecule has 0 aromatic heterocycles. The van der Waals surface area contributed by atoms with Crippen LogP contribution in [0.4, 0.5) is 0 Å². The van der Waals surface area contributed by atoms with E-state index in [2.05, 4.69) is 43.4 Å². The fourth-order valence-electron chi connectivity index (χ4n) is 2.60. The Morgan fingerprint density at radius 1 is 0.913 bits per heavy atom. The molecule has 0 amide bonds. The Hall–Kier alpha value is -2.13. The van der Waals surface area contributed by atoms with Gasteiger partial charge in [-0.15, -0.1) is 0 Å². The Morgan fingerprint density at radius 3 is 2.04 bits per heavy atom. The van der Waals surface area contributed by atoms with Gasteiger partial charge in [-0.2, -0.15) is 0 Å². The number of nitrogens with one attached hydrogen (secondary N) is 1. The van der Waals surface area contributed by atoms with Crippen LogP contribution in [0.5, 0.6) is 0 Å². The van der Waals surface area contributed by atoms with Crippen molar-refractivity contribution >= 4 is 5.97 Å². The van der Waals surface area contributed by atoms with E-state index in [9.17, 15) is 9.90 Å². The lowest BCUT2D eigenvalue weighted by Gasteiger charge is -2.15. The van der Waals surface area contributed by atoms with E-state index in [1.807, 2.05) is 30.3 Å². The van der Waals surface area contributed by atoms with Gasteiger partial charge in [-0.3, -0.25) is 4.79 Å². The van der Waals surface area contributed by atoms with Gasteiger partial charge < -0.3 is 10.4 Å². The van der Waals surface area contributed by atoms with Gasteiger partial charge in [0.25, 0.3) is 0 Å². The number of rotatable bonds is 8. The number of hydrogen-bond acceptors (Lipinski definition) is 2. The van der Waals surface area contributed by atoms with Crippen LogP contribution in [0.1, 0.15) is 30.5 Å². The predicted molar refractivity (Wildman–Crippen MR) is 93.4 cm³/mol. The molecule has 2 N–H and O–H groups in total. The maximum atomic E-state index is 11.4. The Balaban J connectivity index is 1.92. The predicted octanol–water partition coefficient (Wildman–Crippen LogP) is 3.67. The maximum absolute atomic E-state index is 11.4. The van der Waals surface area contributed by atoms with Crippen LogP contribution in [-0.4, -0.2) is 17.1 Å². The minimum Gasteiger partial charge on any atom is -0.480 e. The molecule has 0 radical (unpaired) electrons. The lowest BCUT2D eigenvalue weighted by molar-refractivity contribution is -0.139. The Labute approximate surface area is 138 Å². The van der Waals surface area contributed by atoms with E-state index in [1.165, 1.54) is 5.56 Å². The fourth-order valence-corrected chi connectivity index (χ4v) is 2.60. The van der Waals surface area contributed by atoms with Crippen molar-refractivity contribution in [1.82, 2.24) is 5.32 Å². The summed E-state index contributed by atoms with van der Waals surface area (Å²) in [6.07, 6.45) is 1.56. The molecule has 2 aromatic rings. The zero-order valence-corrected chi connectivity index (χ0v) is 13.8. The monoisotopic (exact) mass is 311 g/mol. The molecule has 0 heterocycles. The molecular weight excluding hydrogens is 286 g/mol. The van der Waals surface area contributed by atoms with Crippen LogP contribution in [0.25, 0.3) is 0 Å². The smallest absolute Gasteiger partial charge is 0.321 e. The zero-order valence-electron chi connectivity index (χ0n) is 13.8. The Bertz CT molecular complexity index is 605. The second kappa shape index (κ2) is 8.49. The molecule has 2 aromatic carbocycles. The van der Waals surface area contributed by atoms with Crippen LogP contribution in [0.3, 0.4) is 0 Å². The molecule has 0 aliphatic heterocycles. The van der Waals surface area contributed by atoms with E-state index < -0.39 is 12.0 Å². The maximum Gasteiger partial charge on any atom is 0.321 e. The molecule has 1 atom stereocenters. The average Bonchev–Trinajstić information content (AvgIpc) is 2.53. The molecule has 23 heavy (non-hydrogen) atoms. The van der Waals surface area contributed by atoms with Gasteiger partial charge in [0, 0.05) is 6.54 Å². The highest BCUT2D eigenvalue weighted by Crippen LogP contribution is 2.10. The molecule has 0 saturated carbocycles. The van der Waals surface area contributed by atoms with Gasteiger partial charge in [-0.1, -0.05) is 68.4 Å². The lowest BCUT2D eigenvalue weighted by atomic mass is 10.0. The van der Waals surface area contributed by atoms with Crippen molar-refractivity contribution < 1.29 is 9.90 Å². The van der Waals surface area contributed by atoms with E-state index in [1.54, 1.807) is 0 Å². The molecule has 0 aliphatic carbocycles. The standard InChI is InChI=1S/C20H25NO2/c1-15(2)12-17-8-10-18(11-9-17)14-21-19(20(22)23)13-16-6-4-3-5-7-16/h3-11,15,19,21H,12-14H2,1-2H3,(H,22,23). The molecule has 3 heteroatoms. The summed E-state index contributed by atoms with van der Waals surface area (Å²) in [4.78, 5) is 11.4. The second-order valence-corrected chi connectivity index (χ2v) is 6.38. The van der Waals surface area contributed by atoms with Gasteiger partial charge in [0.05, 0.1) is 0 Å². The minimum absolute atomic E-state index is 0.488. The van der Waals surface area contributed by atoms with E-state index in [-0.39, 0.29) is 0 Å². The fraction of sp³-hybridized carbons (Fsp3) is 0.350. The summed E-state index contributed by atoms with van der Waals surface area (Å²) in [6, 6.07) is 17.5. The van der Waals surface area contributed by atoms with E-state index >= 15 is 0 Å². The van der Waals surface area contributed by atoms with Crippen molar-refractivity contribution in [2.45, 2.75) is 39.3 Å². The lowest BCUT2D eigenvalue weighted by Crippen LogP contribution is -2.38. The molecule has 2 rings (SSSR count). The van der Waals surface area contributed by atoms with Crippen LogP contribution >= 0.6 is 0 Å². The van der Waals surface area contributed by atoms with Gasteiger partial charge in [0.2, 0.25) is 0 Å². The third-order valence-corrected chi connectivity index (χ3v) is 3.80. The van der Waals surface area contributed by atoms with Crippen molar-refractivity contribution in [2.75, 3.05) is 0 Å². The third-order valence-electron chi connectivity index (χ3n) is 3.80. The van der Waals surface area contributed by atoms with Crippen molar-refractivity contribution in [3.63, 3.8) is 0 Å². The second-order valence-electron chi connectivity index (χ2n) is 6.38. The largest absolute Gasteiger partial charge is 0.480 e. The molecule has 0 aliphatic rings. The quantitative estimate of drug-likeness (QED) is 0.782. The number of carboxylic acids is 1. The van der Waals surface area contributed by atoms with Crippen LogP contribution in [0, 0.1) is 5.92 Å². The first-order valence-electron chi connectivity index (χ1n) is 8.12. The summed E-state index contributed by atoms with van der Waals surface area (Å²) >= 11 is 0. The van der Waals surface area contributed by atoms with Crippen molar-refractivity contribution in [1.29, 1.82) is 0 Å². The summed E-state index contributed by atoms with van der Waals surface area (Å²) < 4.78 is 0. The molecule has 1 unspecified atom stereocenters. The molecule has 0 saturated heterocycles. The normalized spacial score (nSPS) is 12.3. The summed E-state index contributed by atoms with van der Waals surface area (Å²) in [5.74, 6) is -0.175. The summed E-state index contributed by atoms with van der Waals surface area (Å²) in [5, 5.41) is 12.5. The molecular formula is C20H25NO2. The summed E-state index contributed by atoms with van der Waals surface area (Å²) in [6.45, 7) is 4.97. The van der Waals surface area contributed by atoms with Crippen LogP contribution in [0.15, 0.2) is 54.6 Å². The average molecular weight is 311 g/mol. The number of hydrogen-bond donors (Lipinski definition) is 2. The first-order valence-corrected chi connectivity index (χ1v) is 8.12. The van der Waals surface area contributed by atoms with Gasteiger partial charge in [0.15, 0.2) is 0 Å². The van der Waals surface area contributed by atoms with E-state index in [0.717, 1.165) is 17.5 Å². The summed E-state index contributed by atoms with van der Waals surface area (Å²) in [5.41, 5.74) is 3.46. The van der Waals surface area contributed by atoms with E-state index in [0.29, 0.717) is 18.9 Å². The van der Waals surface area contributed by atoms with Gasteiger partial charge >= 0.3 is 5.97 Å². The molecule has 0 fully saturated rings.